The van der Waals surface area contributed by atoms with Crippen LogP contribution in [0.1, 0.15) is 24.2 Å². The maximum Gasteiger partial charge on any atom is 0.490 e. The van der Waals surface area contributed by atoms with Gasteiger partial charge in [-0.15, -0.1) is 0 Å². The second-order valence-corrected chi connectivity index (χ2v) is 25.2. The van der Waals surface area contributed by atoms with Crippen molar-refractivity contribution in [2.24, 2.45) is 7.05 Å². The van der Waals surface area contributed by atoms with Crippen molar-refractivity contribution < 1.29 is 104 Å². The first kappa shape index (κ1) is 59.3. The fourth-order valence-electron chi connectivity index (χ4n) is 9.29. The summed E-state index contributed by atoms with van der Waals surface area (Å²) >= 11 is 0. The van der Waals surface area contributed by atoms with Crippen LogP contribution in [0.3, 0.4) is 0 Å². The number of nitrogen functional groups attached to an aromatic ring is 2. The van der Waals surface area contributed by atoms with Gasteiger partial charge in [-0.1, -0.05) is 30.3 Å². The molecule has 10 rings (SSSR count). The molecule has 3 aliphatic heterocycles. The molecule has 0 amide bonds. The number of aryl methyl sites for hydroxylation is 1. The van der Waals surface area contributed by atoms with Gasteiger partial charge in [-0.3, -0.25) is 46.8 Å². The van der Waals surface area contributed by atoms with Crippen molar-refractivity contribution in [3.8, 4) is 0 Å². The number of rotatable bonds is 22. The highest BCUT2D eigenvalue weighted by molar-refractivity contribution is 7.66. The zero-order valence-electron chi connectivity index (χ0n) is 42.5. The molecular weight excluding hydrogens is 1180 g/mol. The molecule has 0 bridgehead atoms. The van der Waals surface area contributed by atoms with Gasteiger partial charge in [0.05, 0.1) is 39.5 Å². The van der Waals surface area contributed by atoms with E-state index < -0.39 is 136 Å². The molecule has 42 heteroatoms. The lowest BCUT2D eigenvalue weighted by Crippen LogP contribution is -2.37. The van der Waals surface area contributed by atoms with E-state index >= 15 is 0 Å². The number of anilines is 3. The summed E-state index contributed by atoms with van der Waals surface area (Å²) in [7, 11) is -19.8. The van der Waals surface area contributed by atoms with Gasteiger partial charge < -0.3 is 75.4 Å². The standard InChI is InChI=1S/C40H51N15O23P4/c1-52-16-55(33-23(52)35(61)51-40(42)49-33)37-27(59)25(57)19(74-37)11-71-80(63,64)77-82(67,68)78-81(65,66)72-12-20-28(29(69-2)38(75-20)53-14-46-21-30(44-13-45-31(21)53)43-9-17-7-5-4-6-8-17)76-79(3,62)70-10-18-24(56)26(58)36(73-18)54-15-47-22-32(54)48-39(41)50-34(22)60/h4-8,13-16,18-20,24-29,36-38,56-59H,9-12H2,1-3H3,(H9-,41,42,43,44,45,48,49,50,51,60,61,63,64,65,66,67,68)/p+1/t18-,19-,20-,24?,25?,26+,27?,28?,29+,36-,37-,38-,79?/m1/s1. The third kappa shape index (κ3) is 12.2. The van der Waals surface area contributed by atoms with Gasteiger partial charge in [0.25, 0.3) is 16.7 Å². The van der Waals surface area contributed by atoms with Gasteiger partial charge >= 0.3 is 36.6 Å². The van der Waals surface area contributed by atoms with Crippen molar-refractivity contribution >= 4 is 82.3 Å². The average Bonchev–Trinajstić information content (AvgIpc) is 4.47. The van der Waals surface area contributed by atoms with E-state index in [-0.39, 0.29) is 45.4 Å². The predicted octanol–water partition coefficient (Wildman–Crippen LogP) is -1.96. The van der Waals surface area contributed by atoms with E-state index in [0.29, 0.717) is 12.4 Å². The third-order valence-corrected chi connectivity index (χ3v) is 18.5. The maximum atomic E-state index is 14.3. The van der Waals surface area contributed by atoms with E-state index in [1.54, 1.807) is 0 Å². The number of aromatic nitrogens is 12. The molecule has 0 aliphatic carbocycles. The Morgan fingerprint density at radius 3 is 1.85 bits per heavy atom. The number of aromatic amines is 2. The van der Waals surface area contributed by atoms with Crippen molar-refractivity contribution in [2.75, 3.05) is 50.4 Å². The number of phosphoric ester groups is 2. The number of hydrogen-bond acceptors (Lipinski definition) is 29. The highest BCUT2D eigenvalue weighted by atomic mass is 31.3. The Balaban J connectivity index is 0.828. The minimum Gasteiger partial charge on any atom is -0.387 e. The number of benzene rings is 1. The summed E-state index contributed by atoms with van der Waals surface area (Å²) in [4.78, 5) is 86.4. The van der Waals surface area contributed by atoms with Crippen LogP contribution in [0.5, 0.6) is 0 Å². The first-order valence-corrected chi connectivity index (χ1v) is 30.5. The predicted molar refractivity (Wildman–Crippen MR) is 272 cm³/mol. The number of nitrogens with zero attached hydrogens (tertiary/aromatic N) is 10. The van der Waals surface area contributed by atoms with Crippen molar-refractivity contribution in [2.45, 2.75) is 80.2 Å². The number of methoxy groups -OCH3 is 1. The van der Waals surface area contributed by atoms with Crippen LogP contribution in [0.15, 0.2) is 65.2 Å². The SMILES string of the molecule is CO[C@H]1C(OP(C)(=O)OC[C@H]2O[C@@H](n3cnc4c(=O)[nH]c(N)nc43)[C@@H](O)C2O)[C@@H](COP(=O)(O)OP(=O)(O)OP(=O)(O)OC[C@H]2O[C@@H](n3c[n+](C)c4c(=O)[nH]c(N)nc43)C(O)C2O)O[C@H]1n1cnc2c(NCc3ccccc3)ncnc21. The van der Waals surface area contributed by atoms with Gasteiger partial charge in [0.15, 0.2) is 40.6 Å². The van der Waals surface area contributed by atoms with Crippen molar-refractivity contribution in [1.82, 2.24) is 53.6 Å². The summed E-state index contributed by atoms with van der Waals surface area (Å²) in [5, 5.41) is 46.8. The third-order valence-electron chi connectivity index (χ3n) is 13.0. The molecule has 0 spiro atoms. The summed E-state index contributed by atoms with van der Waals surface area (Å²) < 4.78 is 112. The number of hydrogen-bond donors (Lipinski definition) is 12. The Morgan fingerprint density at radius 2 is 1.22 bits per heavy atom. The van der Waals surface area contributed by atoms with Crippen molar-refractivity contribution in [3.63, 3.8) is 0 Å². The summed E-state index contributed by atoms with van der Waals surface area (Å²) in [5.41, 5.74) is 11.0. The topological polar surface area (TPSA) is 528 Å². The molecule has 3 saturated heterocycles. The molecule has 3 aliphatic rings. The van der Waals surface area contributed by atoms with Crippen LogP contribution < -0.4 is 32.5 Å². The van der Waals surface area contributed by atoms with Crippen molar-refractivity contribution in [3.05, 3.63) is 81.9 Å². The molecular formula is C40H52N15O23P4+. The number of ether oxygens (including phenoxy) is 4. The first-order valence-electron chi connectivity index (χ1n) is 24.0. The molecule has 7 aromatic rings. The van der Waals surface area contributed by atoms with Gasteiger partial charge in [0.1, 0.15) is 61.3 Å². The molecule has 9 heterocycles. The van der Waals surface area contributed by atoms with Gasteiger partial charge in [-0.05, 0) is 5.56 Å². The molecule has 1 aromatic carbocycles. The highest BCUT2D eigenvalue weighted by Gasteiger charge is 2.53. The average molecular weight is 1230 g/mol. The highest BCUT2D eigenvalue weighted by Crippen LogP contribution is 2.68. The Labute approximate surface area is 457 Å². The minimum atomic E-state index is -6.18. The van der Waals surface area contributed by atoms with E-state index in [4.69, 9.17) is 48.5 Å². The number of aliphatic hydroxyl groups is 4. The van der Waals surface area contributed by atoms with E-state index in [0.717, 1.165) is 27.7 Å². The lowest BCUT2D eigenvalue weighted by atomic mass is 10.1. The van der Waals surface area contributed by atoms with Crippen LogP contribution in [0, 0.1) is 0 Å². The van der Waals surface area contributed by atoms with Crippen LogP contribution in [0.4, 0.5) is 17.7 Å². The van der Waals surface area contributed by atoms with Crippen LogP contribution in [-0.4, -0.2) is 177 Å². The number of aliphatic hydroxyl groups excluding tert-OH is 4. The number of H-pyrrole nitrogens is 2. The van der Waals surface area contributed by atoms with Crippen LogP contribution in [0.25, 0.3) is 33.5 Å². The van der Waals surface area contributed by atoms with E-state index in [1.807, 2.05) is 30.3 Å². The number of phosphoric acid groups is 3. The molecule has 0 radical (unpaired) electrons. The zero-order chi connectivity index (χ0) is 58.8. The summed E-state index contributed by atoms with van der Waals surface area (Å²) in [5.74, 6) is -0.290. The fraction of sp³-hybridized carbons (Fsp3) is 0.475. The molecule has 14 N–H and O–H groups in total. The molecule has 16 atom stereocenters. The van der Waals surface area contributed by atoms with Crippen molar-refractivity contribution in [1.29, 1.82) is 0 Å². The summed E-state index contributed by atoms with van der Waals surface area (Å²) in [6.45, 7) is -1.70. The summed E-state index contributed by atoms with van der Waals surface area (Å²) in [6, 6.07) is 9.30. The summed E-state index contributed by atoms with van der Waals surface area (Å²) in [6.07, 6.45) is -14.3. The normalized spacial score (nSPS) is 28.8. The van der Waals surface area contributed by atoms with Crippen LogP contribution in [-0.2, 0) is 77.5 Å². The molecule has 38 nitrogen and oxygen atoms in total. The van der Waals surface area contributed by atoms with Gasteiger partial charge in [-0.25, -0.2) is 38.2 Å². The Bertz CT molecular complexity index is 3830. The fourth-order valence-corrected chi connectivity index (χ4v) is 14.0. The monoisotopic (exact) mass is 1230 g/mol. The number of imidazole rings is 3. The van der Waals surface area contributed by atoms with E-state index in [1.165, 1.54) is 42.3 Å². The zero-order valence-corrected chi connectivity index (χ0v) is 46.1. The van der Waals surface area contributed by atoms with Crippen LogP contribution >= 0.6 is 31.1 Å². The van der Waals surface area contributed by atoms with Gasteiger partial charge in [0, 0.05) is 20.3 Å². The Hall–Kier alpha value is -5.89. The van der Waals surface area contributed by atoms with Crippen LogP contribution in [0.2, 0.25) is 0 Å². The largest absolute Gasteiger partial charge is 0.490 e. The molecule has 3 fully saturated rings. The lowest BCUT2D eigenvalue weighted by molar-refractivity contribution is -0.646. The molecule has 6 aromatic heterocycles. The smallest absolute Gasteiger partial charge is 0.387 e. The number of fused-ring (bicyclic) bond motifs is 3. The number of nitrogens with one attached hydrogen (secondary N) is 3. The minimum absolute atomic E-state index is 0.0133. The molecule has 8 unspecified atom stereocenters. The first-order chi connectivity index (χ1) is 38.7. The second kappa shape index (κ2) is 22.9. The molecule has 0 saturated carbocycles. The van der Waals surface area contributed by atoms with Gasteiger partial charge in [0.2, 0.25) is 24.5 Å². The van der Waals surface area contributed by atoms with E-state index in [2.05, 4.69) is 53.8 Å². The van der Waals surface area contributed by atoms with E-state index in [9.17, 15) is 63.0 Å². The Kier molecular flexibility index (Phi) is 16.6. The molecule has 444 valence electrons. The molecule has 82 heavy (non-hydrogen) atoms. The number of nitrogens with two attached hydrogens (primary N) is 2. The Morgan fingerprint density at radius 1 is 0.671 bits per heavy atom. The maximum absolute atomic E-state index is 14.3. The lowest BCUT2D eigenvalue weighted by Gasteiger charge is -2.27. The quantitative estimate of drug-likeness (QED) is 0.0259. The second-order valence-electron chi connectivity index (χ2n) is 18.6. The van der Waals surface area contributed by atoms with Gasteiger partial charge in [-0.2, -0.15) is 23.2 Å².